The number of hydrogen-bond acceptors (Lipinski definition) is 5. The first-order valence-electron chi connectivity index (χ1n) is 5.89. The van der Waals surface area contributed by atoms with Crippen LogP contribution in [0, 0.1) is 0 Å². The molecular weight excluding hydrogens is 264 g/mol. The molecule has 0 radical (unpaired) electrons. The van der Waals surface area contributed by atoms with Gasteiger partial charge in [-0.1, -0.05) is 24.3 Å². The fraction of sp³-hybridized carbons (Fsp3) is 0.231. The molecule has 0 fully saturated rings. The molecule has 6 heteroatoms. The van der Waals surface area contributed by atoms with Crippen LogP contribution in [-0.2, 0) is 9.84 Å². The van der Waals surface area contributed by atoms with Crippen molar-refractivity contribution in [1.82, 2.24) is 10.4 Å². The second-order valence-corrected chi connectivity index (χ2v) is 7.11. The van der Waals surface area contributed by atoms with Gasteiger partial charge in [-0.3, -0.25) is 0 Å². The van der Waals surface area contributed by atoms with Crippen LogP contribution in [0.25, 0.3) is 21.9 Å². The van der Waals surface area contributed by atoms with Crippen molar-refractivity contribution in [1.29, 1.82) is 0 Å². The van der Waals surface area contributed by atoms with Gasteiger partial charge in [-0.25, -0.2) is 8.42 Å². The Morgan fingerprint density at radius 1 is 1.16 bits per heavy atom. The van der Waals surface area contributed by atoms with E-state index in [1.54, 1.807) is 26.0 Å². The van der Waals surface area contributed by atoms with Crippen LogP contribution in [0.15, 0.2) is 39.8 Å². The van der Waals surface area contributed by atoms with Gasteiger partial charge in [0.25, 0.3) is 0 Å². The van der Waals surface area contributed by atoms with Crippen molar-refractivity contribution in [2.45, 2.75) is 24.0 Å². The molecule has 0 saturated heterocycles. The Morgan fingerprint density at radius 2 is 1.84 bits per heavy atom. The van der Waals surface area contributed by atoms with Crippen LogP contribution in [0.5, 0.6) is 0 Å². The zero-order valence-electron chi connectivity index (χ0n) is 10.5. The molecule has 0 saturated carbocycles. The molecule has 1 aromatic heterocycles. The van der Waals surface area contributed by atoms with E-state index in [2.05, 4.69) is 10.4 Å². The lowest BCUT2D eigenvalue weighted by Crippen LogP contribution is -2.14. The lowest BCUT2D eigenvalue weighted by Gasteiger charge is -2.10. The van der Waals surface area contributed by atoms with Crippen LogP contribution in [-0.4, -0.2) is 24.0 Å². The highest BCUT2D eigenvalue weighted by Crippen LogP contribution is 2.31. The molecule has 0 N–H and O–H groups in total. The highest BCUT2D eigenvalue weighted by Gasteiger charge is 2.24. The van der Waals surface area contributed by atoms with E-state index in [1.165, 1.54) is 6.07 Å². The highest BCUT2D eigenvalue weighted by atomic mass is 32.2. The average Bonchev–Trinajstić information content (AvgIpc) is 2.86. The zero-order chi connectivity index (χ0) is 13.6. The molecule has 0 aliphatic heterocycles. The molecule has 0 bridgehead atoms. The van der Waals surface area contributed by atoms with Gasteiger partial charge in [0.05, 0.1) is 10.1 Å². The minimum Gasteiger partial charge on any atom is -0.336 e. The van der Waals surface area contributed by atoms with Crippen LogP contribution in [0.4, 0.5) is 0 Å². The fourth-order valence-electron chi connectivity index (χ4n) is 2.07. The molecule has 1 heterocycles. The molecule has 0 atom stereocenters. The summed E-state index contributed by atoms with van der Waals surface area (Å²) in [6.45, 7) is 3.32. The quantitative estimate of drug-likeness (QED) is 0.719. The van der Waals surface area contributed by atoms with Gasteiger partial charge in [-0.05, 0) is 19.9 Å². The molecule has 2 aromatic carbocycles. The second kappa shape index (κ2) is 4.03. The Labute approximate surface area is 110 Å². The van der Waals surface area contributed by atoms with E-state index in [1.807, 2.05) is 12.1 Å². The average molecular weight is 276 g/mol. The van der Waals surface area contributed by atoms with Crippen molar-refractivity contribution in [3.63, 3.8) is 0 Å². The number of sulfone groups is 1. The summed E-state index contributed by atoms with van der Waals surface area (Å²) in [6, 6.07) is 8.74. The molecule has 0 amide bonds. The highest BCUT2D eigenvalue weighted by molar-refractivity contribution is 7.92. The van der Waals surface area contributed by atoms with Crippen LogP contribution in [0.1, 0.15) is 13.8 Å². The maximum absolute atomic E-state index is 12.4. The minimum atomic E-state index is -3.38. The Kier molecular flexibility index (Phi) is 2.56. The summed E-state index contributed by atoms with van der Waals surface area (Å²) in [5, 5.41) is 8.18. The molecule has 3 rings (SSSR count). The lowest BCUT2D eigenvalue weighted by molar-refractivity contribution is 0.426. The molecular formula is C13H12N2O3S. The summed E-state index contributed by atoms with van der Waals surface area (Å²) in [5.41, 5.74) is 0.969. The molecule has 0 unspecified atom stereocenters. The molecule has 3 aromatic rings. The van der Waals surface area contributed by atoms with Crippen LogP contribution in [0.2, 0.25) is 0 Å². The van der Waals surface area contributed by atoms with Crippen molar-refractivity contribution in [2.75, 3.05) is 0 Å². The summed E-state index contributed by atoms with van der Waals surface area (Å²) in [4.78, 5) is 0.279. The van der Waals surface area contributed by atoms with E-state index in [0.717, 1.165) is 0 Å². The molecule has 0 aliphatic rings. The third-order valence-corrected chi connectivity index (χ3v) is 5.34. The van der Waals surface area contributed by atoms with E-state index in [0.29, 0.717) is 21.9 Å². The van der Waals surface area contributed by atoms with Crippen molar-refractivity contribution < 1.29 is 12.9 Å². The zero-order valence-corrected chi connectivity index (χ0v) is 11.3. The number of rotatable bonds is 2. The van der Waals surface area contributed by atoms with Gasteiger partial charge in [0.1, 0.15) is 5.52 Å². The SMILES string of the molecule is CC(C)S(=O)(=O)c1cc2nnoc2c2ccccc12. The van der Waals surface area contributed by atoms with Gasteiger partial charge in [-0.15, -0.1) is 5.10 Å². The molecule has 5 nitrogen and oxygen atoms in total. The number of aromatic nitrogens is 2. The summed E-state index contributed by atoms with van der Waals surface area (Å²) in [6.07, 6.45) is 0. The monoisotopic (exact) mass is 276 g/mol. The van der Waals surface area contributed by atoms with Gasteiger partial charge in [0.15, 0.2) is 15.4 Å². The van der Waals surface area contributed by atoms with Crippen molar-refractivity contribution in [2.24, 2.45) is 0 Å². The largest absolute Gasteiger partial charge is 0.336 e. The Hall–Kier alpha value is -1.95. The van der Waals surface area contributed by atoms with E-state index in [9.17, 15) is 8.42 Å². The number of fused-ring (bicyclic) bond motifs is 3. The lowest BCUT2D eigenvalue weighted by atomic mass is 10.1. The summed E-state index contributed by atoms with van der Waals surface area (Å²) in [7, 11) is -3.38. The van der Waals surface area contributed by atoms with Crippen LogP contribution < -0.4 is 0 Å². The first kappa shape index (κ1) is 12.1. The maximum atomic E-state index is 12.4. The first-order valence-corrected chi connectivity index (χ1v) is 7.44. The summed E-state index contributed by atoms with van der Waals surface area (Å²) in [5.74, 6) is 0. The number of benzene rings is 2. The predicted molar refractivity (Wildman–Crippen MR) is 71.6 cm³/mol. The second-order valence-electron chi connectivity index (χ2n) is 4.64. The van der Waals surface area contributed by atoms with E-state index < -0.39 is 15.1 Å². The molecule has 98 valence electrons. The van der Waals surface area contributed by atoms with Crippen LogP contribution >= 0.6 is 0 Å². The Balaban J connectivity index is 2.53. The molecule has 0 aliphatic carbocycles. The maximum Gasteiger partial charge on any atom is 0.195 e. The standard InChI is InChI=1S/C13H12N2O3S/c1-8(2)19(16,17)12-7-11-13(18-15-14-11)10-6-4-3-5-9(10)12/h3-8H,1-2H3. The van der Waals surface area contributed by atoms with Gasteiger partial charge in [-0.2, -0.15) is 0 Å². The minimum absolute atomic E-state index is 0.279. The molecule has 19 heavy (non-hydrogen) atoms. The topological polar surface area (TPSA) is 73.1 Å². The van der Waals surface area contributed by atoms with Gasteiger partial charge >= 0.3 is 0 Å². The normalized spacial score (nSPS) is 12.6. The van der Waals surface area contributed by atoms with Crippen molar-refractivity contribution in [3.8, 4) is 0 Å². The van der Waals surface area contributed by atoms with E-state index >= 15 is 0 Å². The van der Waals surface area contributed by atoms with Crippen molar-refractivity contribution >= 4 is 31.7 Å². The van der Waals surface area contributed by atoms with Gasteiger partial charge in [0.2, 0.25) is 0 Å². The molecule has 0 spiro atoms. The Morgan fingerprint density at radius 3 is 2.53 bits per heavy atom. The third-order valence-electron chi connectivity index (χ3n) is 3.15. The van der Waals surface area contributed by atoms with Crippen molar-refractivity contribution in [3.05, 3.63) is 30.3 Å². The number of hydrogen-bond donors (Lipinski definition) is 0. The summed E-state index contributed by atoms with van der Waals surface area (Å²) >= 11 is 0. The Bertz CT molecular complexity index is 866. The third kappa shape index (κ3) is 1.71. The van der Waals surface area contributed by atoms with Gasteiger partial charge in [0, 0.05) is 16.0 Å². The van der Waals surface area contributed by atoms with Gasteiger partial charge < -0.3 is 4.52 Å². The smallest absolute Gasteiger partial charge is 0.195 e. The van der Waals surface area contributed by atoms with E-state index in [4.69, 9.17) is 4.52 Å². The summed E-state index contributed by atoms with van der Waals surface area (Å²) < 4.78 is 30.0. The first-order chi connectivity index (χ1) is 9.01. The predicted octanol–water partition coefficient (Wildman–Crippen LogP) is 2.56. The van der Waals surface area contributed by atoms with E-state index in [-0.39, 0.29) is 4.90 Å². The fourth-order valence-corrected chi connectivity index (χ4v) is 3.33. The van der Waals surface area contributed by atoms with Crippen LogP contribution in [0.3, 0.4) is 0 Å². The number of nitrogens with zero attached hydrogens (tertiary/aromatic N) is 2.